The minimum Gasteiger partial charge on any atom is -0.0840 e. The van der Waals surface area contributed by atoms with Crippen LogP contribution in [-0.2, 0) is 0 Å². The molecule has 0 radical (unpaired) electrons. The van der Waals surface area contributed by atoms with E-state index in [1.807, 2.05) is 33.8 Å². The highest BCUT2D eigenvalue weighted by Crippen LogP contribution is 2.25. The summed E-state index contributed by atoms with van der Waals surface area (Å²) in [6.45, 7) is 8.02. The molecule has 0 bridgehead atoms. The van der Waals surface area contributed by atoms with Gasteiger partial charge < -0.3 is 0 Å². The van der Waals surface area contributed by atoms with Gasteiger partial charge in [-0.05, 0) is 37.1 Å². The van der Waals surface area contributed by atoms with Gasteiger partial charge in [-0.2, -0.15) is 0 Å². The van der Waals surface area contributed by atoms with Crippen molar-refractivity contribution in [3.05, 3.63) is 32.8 Å². The maximum Gasteiger partial charge on any atom is 0.0449 e. The van der Waals surface area contributed by atoms with E-state index in [-0.39, 0.29) is 0 Å². The second-order valence-electron chi connectivity index (χ2n) is 2.35. The molecule has 0 N–H and O–H groups in total. The molecule has 0 spiro atoms. The Hall–Kier alpha value is -0.0100. The molecular weight excluding hydrogens is 235 g/mol. The van der Waals surface area contributed by atoms with Gasteiger partial charge in [0.1, 0.15) is 0 Å². The molecule has 0 nitrogen and oxygen atoms in total. The molecule has 0 aliphatic heterocycles. The van der Waals surface area contributed by atoms with Gasteiger partial charge in [0.15, 0.2) is 0 Å². The van der Waals surface area contributed by atoms with Gasteiger partial charge in [-0.25, -0.2) is 0 Å². The lowest BCUT2D eigenvalue weighted by molar-refractivity contribution is 1.37. The van der Waals surface area contributed by atoms with Crippen molar-refractivity contribution in [2.75, 3.05) is 0 Å². The predicted molar refractivity (Wildman–Crippen MR) is 60.0 cm³/mol. The average molecular weight is 250 g/mol. The lowest BCUT2D eigenvalue weighted by Gasteiger charge is -2.01. The summed E-state index contributed by atoms with van der Waals surface area (Å²) in [4.78, 5) is 0. The van der Waals surface area contributed by atoms with E-state index in [9.17, 15) is 0 Å². The van der Waals surface area contributed by atoms with Crippen molar-refractivity contribution in [2.45, 2.75) is 27.7 Å². The number of hydrogen-bond donors (Lipinski definition) is 0. The van der Waals surface area contributed by atoms with Gasteiger partial charge in [0, 0.05) is 9.50 Å². The molecule has 1 aromatic rings. The quantitative estimate of drug-likeness (QED) is 0.623. The lowest BCUT2D eigenvalue weighted by Crippen LogP contribution is -1.79. The average Bonchev–Trinajstić information content (AvgIpc) is 2.04. The van der Waals surface area contributed by atoms with E-state index in [2.05, 4.69) is 22.0 Å². The van der Waals surface area contributed by atoms with E-state index in [4.69, 9.17) is 11.6 Å². The minimum atomic E-state index is 0.826. The highest BCUT2D eigenvalue weighted by molar-refractivity contribution is 9.10. The molecule has 0 saturated heterocycles. The molecule has 12 heavy (non-hydrogen) atoms. The van der Waals surface area contributed by atoms with Crippen LogP contribution in [0.15, 0.2) is 16.6 Å². The summed E-state index contributed by atoms with van der Waals surface area (Å²) in [6, 6.07) is 4.02. The fourth-order valence-electron chi connectivity index (χ4n) is 0.772. The third-order valence-corrected chi connectivity index (χ3v) is 2.64. The molecule has 1 rings (SSSR count). The number of hydrogen-bond acceptors (Lipinski definition) is 0. The maximum absolute atomic E-state index is 5.89. The number of halogens is 2. The summed E-state index contributed by atoms with van der Waals surface area (Å²) in [5, 5.41) is 0.826. The first-order valence-electron chi connectivity index (χ1n) is 4.03. The van der Waals surface area contributed by atoms with Crippen LogP contribution in [0.25, 0.3) is 0 Å². The minimum absolute atomic E-state index is 0.826. The summed E-state index contributed by atoms with van der Waals surface area (Å²) in [5.41, 5.74) is 2.29. The van der Waals surface area contributed by atoms with Crippen LogP contribution in [0, 0.1) is 13.8 Å². The standard InChI is InChI=1S/C8H8BrCl.C2H6/c1-5-3-7(9)6(2)8(10)4-5;1-2/h3-4H,1-2H3;1-2H3. The van der Waals surface area contributed by atoms with Crippen molar-refractivity contribution in [3.63, 3.8) is 0 Å². The fourth-order valence-corrected chi connectivity index (χ4v) is 1.73. The van der Waals surface area contributed by atoms with Gasteiger partial charge in [-0.1, -0.05) is 41.4 Å². The molecule has 0 aliphatic rings. The second-order valence-corrected chi connectivity index (χ2v) is 3.62. The maximum atomic E-state index is 5.89. The van der Waals surface area contributed by atoms with Crippen molar-refractivity contribution < 1.29 is 0 Å². The van der Waals surface area contributed by atoms with E-state index in [1.165, 1.54) is 5.56 Å². The highest BCUT2D eigenvalue weighted by atomic mass is 79.9. The van der Waals surface area contributed by atoms with E-state index in [1.54, 1.807) is 0 Å². The Balaban J connectivity index is 0.000000561. The molecule has 2 heteroatoms. The van der Waals surface area contributed by atoms with E-state index in [0.29, 0.717) is 0 Å². The van der Waals surface area contributed by atoms with Crippen molar-refractivity contribution in [2.24, 2.45) is 0 Å². The van der Waals surface area contributed by atoms with Crippen molar-refractivity contribution >= 4 is 27.5 Å². The Kier molecular flexibility index (Phi) is 5.60. The molecule has 0 aromatic heterocycles. The summed E-state index contributed by atoms with van der Waals surface area (Å²) in [6.07, 6.45) is 0. The van der Waals surface area contributed by atoms with Gasteiger partial charge >= 0.3 is 0 Å². The van der Waals surface area contributed by atoms with Crippen LogP contribution >= 0.6 is 27.5 Å². The van der Waals surface area contributed by atoms with Crippen LogP contribution in [0.4, 0.5) is 0 Å². The lowest BCUT2D eigenvalue weighted by atomic mass is 10.2. The molecule has 0 saturated carbocycles. The molecule has 0 amide bonds. The van der Waals surface area contributed by atoms with Crippen LogP contribution in [0.3, 0.4) is 0 Å². The normalized spacial score (nSPS) is 8.83. The van der Waals surface area contributed by atoms with Gasteiger partial charge in [0.25, 0.3) is 0 Å². The molecule has 0 aliphatic carbocycles. The largest absolute Gasteiger partial charge is 0.0840 e. The SMILES string of the molecule is CC.Cc1cc(Cl)c(C)c(Br)c1. The molecule has 0 heterocycles. The van der Waals surface area contributed by atoms with Crippen LogP contribution in [0.1, 0.15) is 25.0 Å². The summed E-state index contributed by atoms with van der Waals surface area (Å²) >= 11 is 9.30. The van der Waals surface area contributed by atoms with Crippen molar-refractivity contribution in [3.8, 4) is 0 Å². The smallest absolute Gasteiger partial charge is 0.0449 e. The first-order valence-corrected chi connectivity index (χ1v) is 5.20. The topological polar surface area (TPSA) is 0 Å². The second kappa shape index (κ2) is 5.60. The number of rotatable bonds is 0. The first kappa shape index (κ1) is 12.0. The number of aryl methyl sites for hydroxylation is 1. The zero-order valence-electron chi connectivity index (χ0n) is 7.91. The molecule has 0 fully saturated rings. The van der Waals surface area contributed by atoms with Crippen LogP contribution < -0.4 is 0 Å². The first-order chi connectivity index (χ1) is 5.61. The summed E-state index contributed by atoms with van der Waals surface area (Å²) in [7, 11) is 0. The Labute approximate surface area is 88.1 Å². The van der Waals surface area contributed by atoms with Gasteiger partial charge in [-0.3, -0.25) is 0 Å². The Morgan fingerprint density at radius 3 is 2.08 bits per heavy atom. The third-order valence-electron chi connectivity index (χ3n) is 1.43. The Bertz CT molecular complexity index is 233. The molecule has 1 aromatic carbocycles. The molecule has 0 atom stereocenters. The third kappa shape index (κ3) is 3.16. The van der Waals surface area contributed by atoms with Crippen LogP contribution in [0.5, 0.6) is 0 Å². The van der Waals surface area contributed by atoms with Gasteiger partial charge in [0.2, 0.25) is 0 Å². The van der Waals surface area contributed by atoms with Crippen LogP contribution in [0.2, 0.25) is 5.02 Å². The predicted octanol–water partition coefficient (Wildman–Crippen LogP) is 4.75. The van der Waals surface area contributed by atoms with Crippen LogP contribution in [-0.4, -0.2) is 0 Å². The Morgan fingerprint density at radius 1 is 1.17 bits per heavy atom. The van der Waals surface area contributed by atoms with Gasteiger partial charge in [0.05, 0.1) is 0 Å². The molecule has 68 valence electrons. The molecular formula is C10H14BrCl. The van der Waals surface area contributed by atoms with Crippen molar-refractivity contribution in [1.82, 2.24) is 0 Å². The van der Waals surface area contributed by atoms with Gasteiger partial charge in [-0.15, -0.1) is 0 Å². The van der Waals surface area contributed by atoms with E-state index < -0.39 is 0 Å². The molecule has 0 unspecified atom stereocenters. The monoisotopic (exact) mass is 248 g/mol. The summed E-state index contributed by atoms with van der Waals surface area (Å²) in [5.74, 6) is 0. The zero-order chi connectivity index (χ0) is 9.72. The Morgan fingerprint density at radius 2 is 1.67 bits per heavy atom. The fraction of sp³-hybridized carbons (Fsp3) is 0.400. The van der Waals surface area contributed by atoms with E-state index >= 15 is 0 Å². The summed E-state index contributed by atoms with van der Waals surface area (Å²) < 4.78 is 1.08. The highest BCUT2D eigenvalue weighted by Gasteiger charge is 1.99. The van der Waals surface area contributed by atoms with Crippen molar-refractivity contribution in [1.29, 1.82) is 0 Å². The van der Waals surface area contributed by atoms with E-state index in [0.717, 1.165) is 15.1 Å². The zero-order valence-corrected chi connectivity index (χ0v) is 10.3. The number of benzene rings is 1.